The number of nitrogens with zero attached hydrogens (tertiary/aromatic N) is 1. The number of hydrogen-bond donors (Lipinski definition) is 1. The van der Waals surface area contributed by atoms with Gasteiger partial charge < -0.3 is 14.8 Å². The fourth-order valence-corrected chi connectivity index (χ4v) is 6.44. The van der Waals surface area contributed by atoms with E-state index in [1.54, 1.807) is 20.8 Å². The molecular weight excluding hydrogens is 551 g/mol. The highest BCUT2D eigenvalue weighted by molar-refractivity contribution is 7.86. The SMILES string of the molecule is CC(C)(C)OC(=O)NC1C(=O)N2C(C(=O)OC(c3ccccc3)c3ccccc3)=C(CC(Cl)Cl)CS(=O)C12. The van der Waals surface area contributed by atoms with Crippen molar-refractivity contribution in [3.8, 4) is 0 Å². The van der Waals surface area contributed by atoms with Crippen LogP contribution in [0.15, 0.2) is 71.9 Å². The number of β-lactam (4-membered cyclic amide) rings is 1. The highest BCUT2D eigenvalue weighted by atomic mass is 35.5. The summed E-state index contributed by atoms with van der Waals surface area (Å²) in [6.45, 7) is 5.07. The molecule has 3 unspecified atom stereocenters. The fourth-order valence-electron chi connectivity index (χ4n) is 4.37. The van der Waals surface area contributed by atoms with Crippen molar-refractivity contribution in [2.45, 2.75) is 55.1 Å². The Morgan fingerprint density at radius 2 is 1.61 bits per heavy atom. The van der Waals surface area contributed by atoms with Crippen molar-refractivity contribution in [3.05, 3.63) is 83.1 Å². The highest BCUT2D eigenvalue weighted by Crippen LogP contribution is 2.39. The van der Waals surface area contributed by atoms with Crippen molar-refractivity contribution in [1.82, 2.24) is 10.2 Å². The number of carbonyl (C=O) groups excluding carboxylic acids is 3. The van der Waals surface area contributed by atoms with Crippen LogP contribution in [0.25, 0.3) is 0 Å². The second-order valence-electron chi connectivity index (χ2n) is 9.90. The first kappa shape index (κ1) is 28.1. The summed E-state index contributed by atoms with van der Waals surface area (Å²) in [5, 5.41) is 1.53. The van der Waals surface area contributed by atoms with Crippen LogP contribution >= 0.6 is 23.2 Å². The summed E-state index contributed by atoms with van der Waals surface area (Å²) in [5.74, 6) is -1.43. The third-order valence-corrected chi connectivity index (χ3v) is 7.86. The zero-order valence-corrected chi connectivity index (χ0v) is 23.4. The van der Waals surface area contributed by atoms with E-state index in [2.05, 4.69) is 5.32 Å². The van der Waals surface area contributed by atoms with Crippen LogP contribution in [0, 0.1) is 0 Å². The average molecular weight is 580 g/mol. The summed E-state index contributed by atoms with van der Waals surface area (Å²) in [7, 11) is -1.64. The van der Waals surface area contributed by atoms with Crippen LogP contribution in [0.1, 0.15) is 44.4 Å². The number of alkyl halides is 2. The zero-order valence-electron chi connectivity index (χ0n) is 21.1. The van der Waals surface area contributed by atoms with Gasteiger partial charge in [-0.25, -0.2) is 9.59 Å². The van der Waals surface area contributed by atoms with Gasteiger partial charge in [0.2, 0.25) is 0 Å². The maximum atomic E-state index is 13.7. The lowest BCUT2D eigenvalue weighted by atomic mass is 10.00. The zero-order chi connectivity index (χ0) is 27.6. The van der Waals surface area contributed by atoms with E-state index in [0.29, 0.717) is 5.57 Å². The molecule has 202 valence electrons. The van der Waals surface area contributed by atoms with Crippen molar-refractivity contribution in [2.24, 2.45) is 0 Å². The molecule has 0 aliphatic carbocycles. The maximum absolute atomic E-state index is 13.7. The topological polar surface area (TPSA) is 102 Å². The molecule has 2 aliphatic heterocycles. The van der Waals surface area contributed by atoms with Gasteiger partial charge in [0.05, 0.1) is 10.8 Å². The quantitative estimate of drug-likeness (QED) is 0.293. The van der Waals surface area contributed by atoms with Gasteiger partial charge in [-0.15, -0.1) is 23.2 Å². The number of hydrogen-bond acceptors (Lipinski definition) is 6. The number of fused-ring (bicyclic) bond motifs is 1. The number of amides is 2. The Balaban J connectivity index is 1.66. The van der Waals surface area contributed by atoms with Gasteiger partial charge in [-0.1, -0.05) is 60.7 Å². The van der Waals surface area contributed by atoms with Crippen molar-refractivity contribution >= 4 is 52.0 Å². The molecule has 2 aromatic rings. The van der Waals surface area contributed by atoms with Crippen LogP contribution in [0.2, 0.25) is 0 Å². The van der Waals surface area contributed by atoms with E-state index in [1.807, 2.05) is 60.7 Å². The third kappa shape index (κ3) is 6.22. The summed E-state index contributed by atoms with van der Waals surface area (Å²) in [5.41, 5.74) is 0.979. The molecule has 1 N–H and O–H groups in total. The van der Waals surface area contributed by atoms with Crippen LogP contribution in [-0.2, 0) is 29.9 Å². The minimum atomic E-state index is -1.64. The molecule has 11 heteroatoms. The van der Waals surface area contributed by atoms with E-state index >= 15 is 0 Å². The van der Waals surface area contributed by atoms with E-state index in [9.17, 15) is 18.6 Å². The molecule has 0 bridgehead atoms. The Hall–Kier alpha value is -2.88. The van der Waals surface area contributed by atoms with Crippen LogP contribution in [0.3, 0.4) is 0 Å². The van der Waals surface area contributed by atoms with Gasteiger partial charge in [0.15, 0.2) is 6.10 Å². The van der Waals surface area contributed by atoms with Crippen molar-refractivity contribution < 1.29 is 28.1 Å². The molecule has 0 radical (unpaired) electrons. The van der Waals surface area contributed by atoms with Gasteiger partial charge in [0.1, 0.15) is 27.6 Å². The lowest BCUT2D eigenvalue weighted by molar-refractivity contribution is -0.154. The molecule has 38 heavy (non-hydrogen) atoms. The first-order valence-electron chi connectivity index (χ1n) is 12.0. The smallest absolute Gasteiger partial charge is 0.408 e. The van der Waals surface area contributed by atoms with Crippen LogP contribution in [0.5, 0.6) is 0 Å². The number of rotatable bonds is 7. The van der Waals surface area contributed by atoms with Gasteiger partial charge in [0.25, 0.3) is 5.91 Å². The van der Waals surface area contributed by atoms with E-state index < -0.39 is 56.7 Å². The number of nitrogens with one attached hydrogen (secondary N) is 1. The summed E-state index contributed by atoms with van der Waals surface area (Å²) >= 11 is 12.1. The summed E-state index contributed by atoms with van der Waals surface area (Å²) < 4.78 is 24.4. The molecule has 1 fully saturated rings. The number of ether oxygens (including phenoxy) is 2. The molecule has 0 saturated carbocycles. The minimum absolute atomic E-state index is 0.0152. The van der Waals surface area contributed by atoms with Crippen LogP contribution in [0.4, 0.5) is 4.79 Å². The summed E-state index contributed by atoms with van der Waals surface area (Å²) in [4.78, 5) is 39.5. The number of esters is 1. The largest absolute Gasteiger partial charge is 0.448 e. The summed E-state index contributed by atoms with van der Waals surface area (Å²) in [6.07, 6.45) is -1.57. The Morgan fingerprint density at radius 1 is 1.05 bits per heavy atom. The van der Waals surface area contributed by atoms with Crippen LogP contribution in [-0.4, -0.2) is 54.7 Å². The van der Waals surface area contributed by atoms with E-state index in [4.69, 9.17) is 32.7 Å². The normalized spacial score (nSPS) is 21.2. The first-order chi connectivity index (χ1) is 18.0. The predicted molar refractivity (Wildman–Crippen MR) is 145 cm³/mol. The Kier molecular flexibility index (Phi) is 8.49. The van der Waals surface area contributed by atoms with Crippen molar-refractivity contribution in [2.75, 3.05) is 5.75 Å². The highest BCUT2D eigenvalue weighted by Gasteiger charge is 2.57. The Labute approximate surface area is 233 Å². The standard InChI is InChI=1S/C27H28Cl2N2O6S/c1-27(2,3)37-26(34)30-20-23(32)31-21(18(14-19(28)29)15-38(35)24(20)31)25(33)36-22(16-10-6-4-7-11-16)17-12-8-5-9-13-17/h4-13,19-20,22,24H,14-15H2,1-3H3,(H,30,34). The predicted octanol–water partition coefficient (Wildman–Crippen LogP) is 4.59. The molecule has 2 aromatic carbocycles. The molecule has 8 nitrogen and oxygen atoms in total. The van der Waals surface area contributed by atoms with Gasteiger partial charge in [0, 0.05) is 12.2 Å². The molecule has 3 atom stereocenters. The molecule has 0 aromatic heterocycles. The van der Waals surface area contributed by atoms with E-state index in [1.165, 1.54) is 0 Å². The fraction of sp³-hybridized carbons (Fsp3) is 0.370. The second-order valence-corrected chi connectivity index (χ2v) is 12.7. The lowest BCUT2D eigenvalue weighted by Gasteiger charge is -2.49. The molecule has 2 heterocycles. The number of halogens is 2. The maximum Gasteiger partial charge on any atom is 0.408 e. The van der Waals surface area contributed by atoms with Gasteiger partial charge in [-0.05, 0) is 37.5 Å². The molecule has 4 rings (SSSR count). The monoisotopic (exact) mass is 578 g/mol. The van der Waals surface area contributed by atoms with Crippen molar-refractivity contribution in [3.63, 3.8) is 0 Å². The Bertz CT molecular complexity index is 1220. The summed E-state index contributed by atoms with van der Waals surface area (Å²) in [6, 6.07) is 17.3. The first-order valence-corrected chi connectivity index (χ1v) is 14.2. The molecule has 0 spiro atoms. The molecule has 2 aliphatic rings. The lowest BCUT2D eigenvalue weighted by Crippen LogP contribution is -2.73. The van der Waals surface area contributed by atoms with E-state index in [-0.39, 0.29) is 17.9 Å². The average Bonchev–Trinajstić information content (AvgIpc) is 2.85. The van der Waals surface area contributed by atoms with Crippen LogP contribution < -0.4 is 5.32 Å². The van der Waals surface area contributed by atoms with Gasteiger partial charge >= 0.3 is 12.1 Å². The number of benzene rings is 2. The third-order valence-electron chi connectivity index (χ3n) is 5.90. The second kappa shape index (κ2) is 11.5. The number of alkyl carbamates (subject to hydrolysis) is 1. The Morgan fingerprint density at radius 3 is 2.11 bits per heavy atom. The van der Waals surface area contributed by atoms with Gasteiger partial charge in [-0.3, -0.25) is 13.9 Å². The molecule has 2 amide bonds. The minimum Gasteiger partial charge on any atom is -0.448 e. The molecular formula is C27H28Cl2N2O6S. The number of carbonyl (C=O) groups is 3. The van der Waals surface area contributed by atoms with Crippen molar-refractivity contribution in [1.29, 1.82) is 0 Å². The van der Waals surface area contributed by atoms with E-state index in [0.717, 1.165) is 16.0 Å². The van der Waals surface area contributed by atoms with Gasteiger partial charge in [-0.2, -0.15) is 0 Å². The molecule has 1 saturated heterocycles.